The molecule has 630 valence electrons. The third-order valence-electron chi connectivity index (χ3n) is 25.4. The first-order chi connectivity index (χ1) is 62.9. The smallest absolute Gasteiger partial charge is 0.0717 e. The number of benzene rings is 13. The first kappa shape index (κ1) is 84.3. The molecular weight excluding hydrogens is 1570 g/mol. The predicted molar refractivity (Wildman–Crippen MR) is 546 cm³/mol. The van der Waals surface area contributed by atoms with E-state index >= 15 is 0 Å². The minimum atomic E-state index is 0.00229. The summed E-state index contributed by atoms with van der Waals surface area (Å²) >= 11 is 0. The summed E-state index contributed by atoms with van der Waals surface area (Å²) in [6.07, 6.45) is 11.7. The first-order valence-corrected chi connectivity index (χ1v) is 45.1. The standard InChI is InChI=1S/C124H104N6/c1-121(2,3)99-61-65-125-117(75-99)87-49-39-82(40-50-87)104-26-14-20-32-110(104)94-69-93(70-95(71-94)111-33-21-15-27-105(111)83-41-51-88(52-42-83)118-76-100(62-66-126-118)122(4,5)6)109-31-19-13-25-103(109)81-37-47-86(48-38-81)115-60-58-92(80-130-115)116-59-57-91(79-129-116)108-30-18-24-36-114(108)98-73-96(112-34-22-16-28-106(112)84-43-53-89(54-44-84)119-77-101(63-67-127-119)123(7,8)9)72-97(74-98)113-35-23-17-29-107(113)85-45-55-90(56-46-85)120-78-102(64-68-128-120)124(10,11)12/h13-80H,1-12H3. The minimum Gasteiger partial charge on any atom is -0.256 e. The van der Waals surface area contributed by atoms with Gasteiger partial charge in [-0.15, -0.1) is 0 Å². The predicted octanol–water partition coefficient (Wildman–Crippen LogP) is 33.3. The summed E-state index contributed by atoms with van der Waals surface area (Å²) in [5.41, 5.74) is 43.8. The highest BCUT2D eigenvalue weighted by molar-refractivity contribution is 5.98. The molecular formula is C124H104N6. The quantitative estimate of drug-likeness (QED) is 0.0852. The fourth-order valence-electron chi connectivity index (χ4n) is 17.9. The van der Waals surface area contributed by atoms with E-state index in [9.17, 15) is 0 Å². The summed E-state index contributed by atoms with van der Waals surface area (Å²) < 4.78 is 0. The van der Waals surface area contributed by atoms with Gasteiger partial charge < -0.3 is 0 Å². The van der Waals surface area contributed by atoms with E-state index in [0.29, 0.717) is 0 Å². The third kappa shape index (κ3) is 17.9. The van der Waals surface area contributed by atoms with Gasteiger partial charge in [-0.1, -0.05) is 356 Å². The van der Waals surface area contributed by atoms with E-state index in [-0.39, 0.29) is 21.7 Å². The molecule has 0 saturated heterocycles. The Morgan fingerprint density at radius 1 is 0.131 bits per heavy atom. The molecule has 0 unspecified atom stereocenters. The molecule has 0 amide bonds. The third-order valence-corrected chi connectivity index (χ3v) is 25.4. The second-order valence-electron chi connectivity index (χ2n) is 38.3. The molecule has 6 aromatic heterocycles. The maximum atomic E-state index is 5.21. The lowest BCUT2D eigenvalue weighted by molar-refractivity contribution is 0.589. The molecule has 13 aromatic carbocycles. The van der Waals surface area contributed by atoms with Crippen molar-refractivity contribution >= 4 is 0 Å². The summed E-state index contributed by atoms with van der Waals surface area (Å²) in [4.78, 5) is 29.7. The normalized spacial score (nSPS) is 11.8. The minimum absolute atomic E-state index is 0.00229. The summed E-state index contributed by atoms with van der Waals surface area (Å²) in [7, 11) is 0. The van der Waals surface area contributed by atoms with Crippen molar-refractivity contribution < 1.29 is 0 Å². The van der Waals surface area contributed by atoms with Crippen LogP contribution in [0.5, 0.6) is 0 Å². The largest absolute Gasteiger partial charge is 0.256 e. The van der Waals surface area contributed by atoms with Gasteiger partial charge in [-0.05, 0) is 275 Å². The first-order valence-electron chi connectivity index (χ1n) is 45.1. The fraction of sp³-hybridized carbons (Fsp3) is 0.129. The van der Waals surface area contributed by atoms with Crippen molar-refractivity contribution in [3.8, 4) is 201 Å². The molecule has 0 aliphatic carbocycles. The Morgan fingerprint density at radius 2 is 0.292 bits per heavy atom. The zero-order valence-corrected chi connectivity index (χ0v) is 75.9. The number of rotatable bonds is 18. The van der Waals surface area contributed by atoms with Gasteiger partial charge in [0.25, 0.3) is 0 Å². The second-order valence-corrected chi connectivity index (χ2v) is 38.3. The van der Waals surface area contributed by atoms with Crippen molar-refractivity contribution in [1.29, 1.82) is 0 Å². The Labute approximate surface area is 766 Å². The van der Waals surface area contributed by atoms with Gasteiger partial charge in [-0.25, -0.2) is 0 Å². The molecule has 0 saturated carbocycles. The highest BCUT2D eigenvalue weighted by atomic mass is 14.7. The van der Waals surface area contributed by atoms with Crippen molar-refractivity contribution in [2.75, 3.05) is 0 Å². The van der Waals surface area contributed by atoms with E-state index in [1.54, 1.807) is 0 Å². The maximum Gasteiger partial charge on any atom is 0.0717 e. The van der Waals surface area contributed by atoms with Gasteiger partial charge in [-0.2, -0.15) is 0 Å². The molecule has 0 radical (unpaired) electrons. The lowest BCUT2D eigenvalue weighted by atomic mass is 9.85. The van der Waals surface area contributed by atoms with Gasteiger partial charge in [0.1, 0.15) is 0 Å². The topological polar surface area (TPSA) is 77.3 Å². The number of aromatic nitrogens is 6. The fourth-order valence-corrected chi connectivity index (χ4v) is 17.9. The molecule has 0 atom stereocenters. The molecule has 0 aliphatic rings. The highest BCUT2D eigenvalue weighted by Crippen LogP contribution is 2.47. The molecule has 0 aliphatic heterocycles. The Bertz CT molecular complexity index is 6590. The van der Waals surface area contributed by atoms with Crippen LogP contribution in [0.4, 0.5) is 0 Å². The summed E-state index contributed by atoms with van der Waals surface area (Å²) in [6.45, 7) is 27.0. The number of hydrogen-bond donors (Lipinski definition) is 0. The van der Waals surface area contributed by atoms with E-state index in [0.717, 1.165) is 201 Å². The summed E-state index contributed by atoms with van der Waals surface area (Å²) in [6, 6.07) is 138. The van der Waals surface area contributed by atoms with Gasteiger partial charge in [0.05, 0.1) is 34.2 Å². The molecule has 130 heavy (non-hydrogen) atoms. The second kappa shape index (κ2) is 35.2. The molecule has 0 spiro atoms. The van der Waals surface area contributed by atoms with Crippen LogP contribution in [0.2, 0.25) is 0 Å². The van der Waals surface area contributed by atoms with Gasteiger partial charge in [0.15, 0.2) is 0 Å². The average molecular weight is 1680 g/mol. The molecule has 6 nitrogen and oxygen atoms in total. The van der Waals surface area contributed by atoms with Crippen molar-refractivity contribution in [1.82, 2.24) is 29.9 Å². The van der Waals surface area contributed by atoms with Crippen LogP contribution in [0.1, 0.15) is 105 Å². The van der Waals surface area contributed by atoms with E-state index in [2.05, 4.69) is 459 Å². The van der Waals surface area contributed by atoms with Crippen LogP contribution < -0.4 is 0 Å². The number of pyridine rings is 6. The van der Waals surface area contributed by atoms with E-state index in [1.807, 2.05) is 37.2 Å². The van der Waals surface area contributed by atoms with E-state index in [1.165, 1.54) is 22.3 Å². The van der Waals surface area contributed by atoms with Crippen molar-refractivity contribution in [2.24, 2.45) is 0 Å². The van der Waals surface area contributed by atoms with Crippen LogP contribution in [0.25, 0.3) is 201 Å². The van der Waals surface area contributed by atoms with Crippen LogP contribution in [-0.2, 0) is 21.7 Å². The van der Waals surface area contributed by atoms with E-state index in [4.69, 9.17) is 29.9 Å². The van der Waals surface area contributed by atoms with Crippen LogP contribution in [0.3, 0.4) is 0 Å². The highest BCUT2D eigenvalue weighted by Gasteiger charge is 2.25. The Balaban J connectivity index is 0.629. The summed E-state index contributed by atoms with van der Waals surface area (Å²) in [5.74, 6) is 0. The lowest BCUT2D eigenvalue weighted by Gasteiger charge is -2.19. The van der Waals surface area contributed by atoms with E-state index < -0.39 is 0 Å². The van der Waals surface area contributed by atoms with Gasteiger partial charge in [-0.3, -0.25) is 29.9 Å². The van der Waals surface area contributed by atoms with Gasteiger partial charge in [0.2, 0.25) is 0 Å². The average Bonchev–Trinajstić information content (AvgIpc) is 0.767. The SMILES string of the molecule is CC(C)(C)c1ccnc(-c2ccc(-c3ccccc3-c3cc(-c4ccccc4-c4ccc(-c5ccc(-c6ccc(-c7ccccc7-c7cc(-c8ccccc8-c8ccc(-c9cc(C(C)(C)C)ccn9)cc8)cc(-c8ccccc8-c8ccc(-c9cc(C(C)(C)C)ccn9)cc8)c7)cn6)cn5)cc4)cc(-c4ccccc4-c4ccc(-c5cc(C(C)(C)C)ccn5)cc4)c3)cc2)c1. The molecule has 19 aromatic rings. The Morgan fingerprint density at radius 3 is 0.485 bits per heavy atom. The Kier molecular flexibility index (Phi) is 22.8. The van der Waals surface area contributed by atoms with Crippen LogP contribution in [-0.4, -0.2) is 29.9 Å². The van der Waals surface area contributed by atoms with Crippen molar-refractivity contribution in [2.45, 2.75) is 105 Å². The molecule has 0 fully saturated rings. The maximum absolute atomic E-state index is 5.21. The van der Waals surface area contributed by atoms with Crippen molar-refractivity contribution in [3.05, 3.63) is 436 Å². The molecule has 19 rings (SSSR count). The number of nitrogens with zero attached hydrogens (tertiary/aromatic N) is 6. The van der Waals surface area contributed by atoms with Crippen LogP contribution in [0.15, 0.2) is 413 Å². The molecule has 0 N–H and O–H groups in total. The van der Waals surface area contributed by atoms with Gasteiger partial charge >= 0.3 is 0 Å². The van der Waals surface area contributed by atoms with Gasteiger partial charge in [0, 0.05) is 76.1 Å². The van der Waals surface area contributed by atoms with Crippen molar-refractivity contribution in [3.63, 3.8) is 0 Å². The summed E-state index contributed by atoms with van der Waals surface area (Å²) in [5, 5.41) is 0. The molecule has 0 bridgehead atoms. The van der Waals surface area contributed by atoms with Crippen LogP contribution in [0, 0.1) is 0 Å². The molecule has 6 heterocycles. The zero-order valence-electron chi connectivity index (χ0n) is 75.9. The monoisotopic (exact) mass is 1680 g/mol. The zero-order chi connectivity index (χ0) is 89.4. The molecule has 6 heteroatoms. The lowest BCUT2D eigenvalue weighted by Crippen LogP contribution is -2.11. The Hall–Kier alpha value is -15.2. The van der Waals surface area contributed by atoms with Crippen LogP contribution >= 0.6 is 0 Å². The number of hydrogen-bond acceptors (Lipinski definition) is 6.